The zero-order chi connectivity index (χ0) is 12.4. The second-order valence-electron chi connectivity index (χ2n) is 7.48. The number of rotatable bonds is 3. The van der Waals surface area contributed by atoms with E-state index in [1.54, 1.807) is 0 Å². The van der Waals surface area contributed by atoms with Crippen LogP contribution in [0.3, 0.4) is 0 Å². The van der Waals surface area contributed by atoms with Crippen LogP contribution in [0.25, 0.3) is 0 Å². The minimum atomic E-state index is 0.773. The molecule has 0 aromatic rings. The predicted molar refractivity (Wildman–Crippen MR) is 77.7 cm³/mol. The highest BCUT2D eigenvalue weighted by Crippen LogP contribution is 2.49. The molecule has 0 heterocycles. The van der Waals surface area contributed by atoms with E-state index >= 15 is 0 Å². The van der Waals surface area contributed by atoms with Crippen LogP contribution in [-0.2, 0) is 0 Å². The zero-order valence-electron chi connectivity index (χ0n) is 12.2. The molecule has 0 bridgehead atoms. The summed E-state index contributed by atoms with van der Waals surface area (Å²) in [5, 5.41) is 3.97. The van der Waals surface area contributed by atoms with Crippen LogP contribution in [0.2, 0.25) is 0 Å². The molecule has 1 spiro atoms. The van der Waals surface area contributed by atoms with Crippen molar-refractivity contribution in [2.24, 2.45) is 11.3 Å². The van der Waals surface area contributed by atoms with E-state index in [2.05, 4.69) is 12.2 Å². The van der Waals surface area contributed by atoms with Gasteiger partial charge in [-0.3, -0.25) is 0 Å². The molecule has 3 saturated carbocycles. The third kappa shape index (κ3) is 2.76. The second kappa shape index (κ2) is 5.53. The van der Waals surface area contributed by atoms with Crippen LogP contribution in [-0.4, -0.2) is 12.1 Å². The number of hydrogen-bond acceptors (Lipinski definition) is 1. The summed E-state index contributed by atoms with van der Waals surface area (Å²) in [5.74, 6) is 0.979. The molecule has 3 rings (SSSR count). The summed E-state index contributed by atoms with van der Waals surface area (Å²) in [6, 6.07) is 1.61. The lowest BCUT2D eigenvalue weighted by Gasteiger charge is -2.39. The first-order valence-electron chi connectivity index (χ1n) is 8.54. The Morgan fingerprint density at radius 3 is 2.06 bits per heavy atom. The average molecular weight is 249 g/mol. The third-order valence-corrected chi connectivity index (χ3v) is 6.32. The van der Waals surface area contributed by atoms with Crippen LogP contribution < -0.4 is 5.32 Å². The first-order valence-corrected chi connectivity index (χ1v) is 8.54. The van der Waals surface area contributed by atoms with Gasteiger partial charge in [0.1, 0.15) is 0 Å². The van der Waals surface area contributed by atoms with E-state index in [4.69, 9.17) is 0 Å². The lowest BCUT2D eigenvalue weighted by molar-refractivity contribution is 0.157. The van der Waals surface area contributed by atoms with Gasteiger partial charge in [-0.25, -0.2) is 0 Å². The van der Waals surface area contributed by atoms with Gasteiger partial charge in [0.25, 0.3) is 0 Å². The average Bonchev–Trinajstić information content (AvgIpc) is 3.04. The van der Waals surface area contributed by atoms with Crippen molar-refractivity contribution in [1.82, 2.24) is 5.32 Å². The van der Waals surface area contributed by atoms with E-state index in [0.29, 0.717) is 0 Å². The highest BCUT2D eigenvalue weighted by molar-refractivity contribution is 4.92. The van der Waals surface area contributed by atoms with Gasteiger partial charge in [-0.15, -0.1) is 0 Å². The minimum Gasteiger partial charge on any atom is -0.311 e. The highest BCUT2D eigenvalue weighted by atomic mass is 15.0. The lowest BCUT2D eigenvalue weighted by Crippen LogP contribution is -2.43. The summed E-state index contributed by atoms with van der Waals surface area (Å²) in [5.41, 5.74) is 0.800. The first kappa shape index (κ1) is 13.0. The van der Waals surface area contributed by atoms with E-state index in [-0.39, 0.29) is 0 Å². The zero-order valence-corrected chi connectivity index (χ0v) is 12.2. The maximum atomic E-state index is 3.97. The van der Waals surface area contributed by atoms with Gasteiger partial charge in [-0.05, 0) is 69.6 Å². The van der Waals surface area contributed by atoms with Gasteiger partial charge in [0, 0.05) is 12.1 Å². The van der Waals surface area contributed by atoms with Crippen molar-refractivity contribution in [3.05, 3.63) is 0 Å². The molecule has 1 N–H and O–H groups in total. The number of nitrogens with one attached hydrogen (secondary N) is 1. The van der Waals surface area contributed by atoms with Gasteiger partial charge < -0.3 is 5.32 Å². The molecule has 0 amide bonds. The SMILES string of the molecule is C[C@H](NC1CCC2(CCCC2)CC1)C1CCCC1. The molecular formula is C17H31N. The van der Waals surface area contributed by atoms with Crippen LogP contribution in [0.5, 0.6) is 0 Å². The summed E-state index contributed by atoms with van der Waals surface area (Å²) in [6.45, 7) is 2.44. The standard InChI is InChI=1S/C17H31N/c1-14(15-6-2-3-7-15)18-16-8-12-17(13-9-16)10-4-5-11-17/h14-16,18H,2-13H2,1H3/t14-/m0/s1. The Balaban J connectivity index is 1.44. The van der Waals surface area contributed by atoms with Crippen molar-refractivity contribution in [2.75, 3.05) is 0 Å². The predicted octanol–water partition coefficient (Wildman–Crippen LogP) is 4.66. The Hall–Kier alpha value is -0.0400. The van der Waals surface area contributed by atoms with Crippen molar-refractivity contribution in [1.29, 1.82) is 0 Å². The van der Waals surface area contributed by atoms with Crippen molar-refractivity contribution < 1.29 is 0 Å². The van der Waals surface area contributed by atoms with Crippen molar-refractivity contribution in [2.45, 2.75) is 96.1 Å². The molecule has 0 aromatic carbocycles. The molecular weight excluding hydrogens is 218 g/mol. The summed E-state index contributed by atoms with van der Waals surface area (Å²) < 4.78 is 0. The normalized spacial score (nSPS) is 31.2. The van der Waals surface area contributed by atoms with E-state index in [0.717, 1.165) is 23.4 Å². The van der Waals surface area contributed by atoms with Gasteiger partial charge >= 0.3 is 0 Å². The molecule has 0 radical (unpaired) electrons. The Labute approximate surface area is 113 Å². The van der Waals surface area contributed by atoms with Crippen LogP contribution in [0, 0.1) is 11.3 Å². The molecule has 0 unspecified atom stereocenters. The molecule has 3 aliphatic rings. The summed E-state index contributed by atoms with van der Waals surface area (Å²) in [6.07, 6.45) is 18.0. The maximum Gasteiger partial charge on any atom is 0.00700 e. The van der Waals surface area contributed by atoms with Crippen molar-refractivity contribution in [3.8, 4) is 0 Å². The fourth-order valence-corrected chi connectivity index (χ4v) is 4.99. The molecule has 1 nitrogen and oxygen atoms in total. The molecule has 1 atom stereocenters. The molecule has 104 valence electrons. The van der Waals surface area contributed by atoms with E-state index in [9.17, 15) is 0 Å². The Morgan fingerprint density at radius 2 is 1.44 bits per heavy atom. The molecule has 1 heteroatoms. The molecule has 0 aromatic heterocycles. The molecule has 18 heavy (non-hydrogen) atoms. The Kier molecular flexibility index (Phi) is 3.98. The molecule has 3 aliphatic carbocycles. The second-order valence-corrected chi connectivity index (χ2v) is 7.48. The van der Waals surface area contributed by atoms with Gasteiger partial charge in [0.2, 0.25) is 0 Å². The fraction of sp³-hybridized carbons (Fsp3) is 1.00. The highest BCUT2D eigenvalue weighted by Gasteiger charge is 2.37. The lowest BCUT2D eigenvalue weighted by atomic mass is 9.71. The van der Waals surface area contributed by atoms with Crippen LogP contribution >= 0.6 is 0 Å². The monoisotopic (exact) mass is 249 g/mol. The molecule has 0 saturated heterocycles. The Morgan fingerprint density at radius 1 is 0.833 bits per heavy atom. The fourth-order valence-electron chi connectivity index (χ4n) is 4.99. The van der Waals surface area contributed by atoms with Crippen molar-refractivity contribution >= 4 is 0 Å². The number of hydrogen-bond donors (Lipinski definition) is 1. The minimum absolute atomic E-state index is 0.773. The Bertz CT molecular complexity index is 251. The van der Waals surface area contributed by atoms with Gasteiger partial charge in [0.05, 0.1) is 0 Å². The largest absolute Gasteiger partial charge is 0.311 e. The van der Waals surface area contributed by atoms with Crippen LogP contribution in [0.15, 0.2) is 0 Å². The summed E-state index contributed by atoms with van der Waals surface area (Å²) in [4.78, 5) is 0. The van der Waals surface area contributed by atoms with Crippen molar-refractivity contribution in [3.63, 3.8) is 0 Å². The van der Waals surface area contributed by atoms with E-state index < -0.39 is 0 Å². The van der Waals surface area contributed by atoms with Crippen LogP contribution in [0.4, 0.5) is 0 Å². The van der Waals surface area contributed by atoms with Crippen LogP contribution in [0.1, 0.15) is 84.0 Å². The molecule has 3 fully saturated rings. The van der Waals surface area contributed by atoms with Gasteiger partial charge in [-0.1, -0.05) is 25.7 Å². The topological polar surface area (TPSA) is 12.0 Å². The van der Waals surface area contributed by atoms with E-state index in [1.807, 2.05) is 0 Å². The first-order chi connectivity index (χ1) is 8.77. The van der Waals surface area contributed by atoms with Gasteiger partial charge in [-0.2, -0.15) is 0 Å². The summed E-state index contributed by atoms with van der Waals surface area (Å²) in [7, 11) is 0. The smallest absolute Gasteiger partial charge is 0.00700 e. The quantitative estimate of drug-likeness (QED) is 0.767. The summed E-state index contributed by atoms with van der Waals surface area (Å²) >= 11 is 0. The van der Waals surface area contributed by atoms with E-state index in [1.165, 1.54) is 77.0 Å². The van der Waals surface area contributed by atoms with Gasteiger partial charge in [0.15, 0.2) is 0 Å². The maximum absolute atomic E-state index is 3.97. The molecule has 0 aliphatic heterocycles. The third-order valence-electron chi connectivity index (χ3n) is 6.32.